The third-order valence-corrected chi connectivity index (χ3v) is 4.45. The summed E-state index contributed by atoms with van der Waals surface area (Å²) in [5.74, 6) is -0.236. The number of carbonyl (C=O) groups excluding carboxylic acids is 1. The SMILES string of the molecule is C[C@H](Sc1ncn(-c2ccccc2)n1)C(=O)Nc1ccc([N+](=O)[O-])cc1. The Balaban J connectivity index is 1.61. The molecule has 3 aromatic rings. The molecule has 0 spiro atoms. The number of rotatable bonds is 6. The van der Waals surface area contributed by atoms with E-state index in [1.165, 1.54) is 36.0 Å². The minimum absolute atomic E-state index is 0.0268. The predicted octanol–water partition coefficient (Wildman–Crippen LogP) is 3.29. The minimum Gasteiger partial charge on any atom is -0.325 e. The van der Waals surface area contributed by atoms with E-state index in [1.54, 1.807) is 17.9 Å². The van der Waals surface area contributed by atoms with E-state index in [4.69, 9.17) is 0 Å². The Hall–Kier alpha value is -3.20. The molecule has 1 heterocycles. The van der Waals surface area contributed by atoms with Gasteiger partial charge in [0.2, 0.25) is 11.1 Å². The van der Waals surface area contributed by atoms with Gasteiger partial charge in [0, 0.05) is 17.8 Å². The summed E-state index contributed by atoms with van der Waals surface area (Å²) < 4.78 is 1.64. The first-order valence-electron chi connectivity index (χ1n) is 7.72. The van der Waals surface area contributed by atoms with Gasteiger partial charge in [-0.3, -0.25) is 14.9 Å². The number of para-hydroxylation sites is 1. The van der Waals surface area contributed by atoms with Gasteiger partial charge in [-0.25, -0.2) is 9.67 Å². The number of nitrogens with one attached hydrogen (secondary N) is 1. The number of amides is 1. The van der Waals surface area contributed by atoms with E-state index in [1.807, 2.05) is 30.3 Å². The second-order valence-corrected chi connectivity index (χ2v) is 6.67. The lowest BCUT2D eigenvalue weighted by molar-refractivity contribution is -0.384. The monoisotopic (exact) mass is 369 g/mol. The van der Waals surface area contributed by atoms with E-state index in [9.17, 15) is 14.9 Å². The van der Waals surface area contributed by atoms with Crippen molar-refractivity contribution in [3.05, 3.63) is 71.0 Å². The van der Waals surface area contributed by atoms with Crippen LogP contribution in [0.1, 0.15) is 6.92 Å². The quantitative estimate of drug-likeness (QED) is 0.406. The van der Waals surface area contributed by atoms with Crippen LogP contribution in [0.25, 0.3) is 5.69 Å². The zero-order valence-electron chi connectivity index (χ0n) is 13.8. The van der Waals surface area contributed by atoms with Crippen molar-refractivity contribution >= 4 is 29.0 Å². The van der Waals surface area contributed by atoms with Crippen LogP contribution in [0.15, 0.2) is 66.1 Å². The van der Waals surface area contributed by atoms with Gasteiger partial charge in [-0.1, -0.05) is 30.0 Å². The van der Waals surface area contributed by atoms with E-state index in [2.05, 4.69) is 15.4 Å². The molecule has 1 aromatic heterocycles. The van der Waals surface area contributed by atoms with Gasteiger partial charge >= 0.3 is 0 Å². The van der Waals surface area contributed by atoms with Crippen molar-refractivity contribution in [2.24, 2.45) is 0 Å². The fraction of sp³-hybridized carbons (Fsp3) is 0.118. The van der Waals surface area contributed by atoms with Gasteiger partial charge in [-0.2, -0.15) is 0 Å². The summed E-state index contributed by atoms with van der Waals surface area (Å²) in [4.78, 5) is 26.7. The van der Waals surface area contributed by atoms with Crippen LogP contribution in [-0.4, -0.2) is 30.8 Å². The third-order valence-electron chi connectivity index (χ3n) is 3.49. The largest absolute Gasteiger partial charge is 0.325 e. The Morgan fingerprint density at radius 1 is 1.19 bits per heavy atom. The first-order chi connectivity index (χ1) is 12.5. The molecular weight excluding hydrogens is 354 g/mol. The number of non-ortho nitro benzene ring substituents is 1. The number of nitro benzene ring substituents is 1. The van der Waals surface area contributed by atoms with Crippen molar-refractivity contribution in [1.29, 1.82) is 0 Å². The van der Waals surface area contributed by atoms with E-state index >= 15 is 0 Å². The zero-order valence-corrected chi connectivity index (χ0v) is 14.6. The van der Waals surface area contributed by atoms with Crippen molar-refractivity contribution in [3.63, 3.8) is 0 Å². The molecule has 1 atom stereocenters. The zero-order chi connectivity index (χ0) is 18.5. The van der Waals surface area contributed by atoms with Gasteiger partial charge in [0.1, 0.15) is 6.33 Å². The molecule has 0 aliphatic carbocycles. The van der Waals surface area contributed by atoms with Gasteiger partial charge in [-0.05, 0) is 31.2 Å². The lowest BCUT2D eigenvalue weighted by Crippen LogP contribution is -2.22. The summed E-state index contributed by atoms with van der Waals surface area (Å²) in [5, 5.41) is 17.8. The van der Waals surface area contributed by atoms with E-state index in [0.717, 1.165) is 5.69 Å². The number of anilines is 1. The fourth-order valence-electron chi connectivity index (χ4n) is 2.13. The maximum Gasteiger partial charge on any atom is 0.269 e. The molecule has 1 amide bonds. The molecule has 0 unspecified atom stereocenters. The fourth-order valence-corrected chi connectivity index (χ4v) is 2.85. The summed E-state index contributed by atoms with van der Waals surface area (Å²) >= 11 is 1.23. The Morgan fingerprint density at radius 2 is 1.88 bits per heavy atom. The van der Waals surface area contributed by atoms with Gasteiger partial charge in [0.15, 0.2) is 0 Å². The molecule has 0 aliphatic rings. The summed E-state index contributed by atoms with van der Waals surface area (Å²) in [6.07, 6.45) is 1.60. The third kappa shape index (κ3) is 4.25. The Kier molecular flexibility index (Phi) is 5.28. The average Bonchev–Trinajstić information content (AvgIpc) is 3.11. The van der Waals surface area contributed by atoms with Gasteiger partial charge in [0.25, 0.3) is 5.69 Å². The number of nitrogens with zero attached hydrogens (tertiary/aromatic N) is 4. The van der Waals surface area contributed by atoms with Crippen LogP contribution >= 0.6 is 11.8 Å². The molecule has 0 saturated heterocycles. The molecule has 0 fully saturated rings. The highest BCUT2D eigenvalue weighted by Crippen LogP contribution is 2.22. The summed E-state index contributed by atoms with van der Waals surface area (Å²) in [6, 6.07) is 15.2. The molecule has 0 saturated carbocycles. The normalized spacial score (nSPS) is 11.7. The van der Waals surface area contributed by atoms with Crippen molar-refractivity contribution in [2.45, 2.75) is 17.3 Å². The molecule has 8 nitrogen and oxygen atoms in total. The van der Waals surface area contributed by atoms with Crippen molar-refractivity contribution in [3.8, 4) is 5.69 Å². The number of nitro groups is 1. The second-order valence-electron chi connectivity index (χ2n) is 5.36. The highest BCUT2D eigenvalue weighted by atomic mass is 32.2. The van der Waals surface area contributed by atoms with Crippen LogP contribution in [0.4, 0.5) is 11.4 Å². The highest BCUT2D eigenvalue weighted by Gasteiger charge is 2.17. The second kappa shape index (κ2) is 7.79. The number of thioether (sulfide) groups is 1. The van der Waals surface area contributed by atoms with Crippen molar-refractivity contribution in [1.82, 2.24) is 14.8 Å². The summed E-state index contributed by atoms with van der Waals surface area (Å²) in [7, 11) is 0. The van der Waals surface area contributed by atoms with Crippen molar-refractivity contribution < 1.29 is 9.72 Å². The van der Waals surface area contributed by atoms with Gasteiger partial charge < -0.3 is 5.32 Å². The molecule has 132 valence electrons. The number of benzene rings is 2. The number of aromatic nitrogens is 3. The average molecular weight is 369 g/mol. The van der Waals surface area contributed by atoms with Crippen LogP contribution in [-0.2, 0) is 4.79 Å². The molecule has 1 N–H and O–H groups in total. The number of hydrogen-bond donors (Lipinski definition) is 1. The van der Waals surface area contributed by atoms with Crippen LogP contribution in [0, 0.1) is 10.1 Å². The van der Waals surface area contributed by atoms with Crippen LogP contribution in [0.5, 0.6) is 0 Å². The molecular formula is C17H15N5O3S. The lowest BCUT2D eigenvalue weighted by atomic mass is 10.3. The molecule has 3 rings (SSSR count). The standard InChI is InChI=1S/C17H15N5O3S/c1-12(16(23)19-13-7-9-15(10-8-13)22(24)25)26-17-18-11-21(20-17)14-5-3-2-4-6-14/h2-12H,1H3,(H,19,23)/t12-/m0/s1. The highest BCUT2D eigenvalue weighted by molar-refractivity contribution is 8.00. The van der Waals surface area contributed by atoms with E-state index < -0.39 is 10.2 Å². The first-order valence-corrected chi connectivity index (χ1v) is 8.60. The minimum atomic E-state index is -0.487. The van der Waals surface area contributed by atoms with Gasteiger partial charge in [-0.15, -0.1) is 5.10 Å². The Bertz CT molecular complexity index is 912. The molecule has 2 aromatic carbocycles. The molecule has 26 heavy (non-hydrogen) atoms. The first kappa shape index (κ1) is 17.6. The number of hydrogen-bond acceptors (Lipinski definition) is 6. The smallest absolute Gasteiger partial charge is 0.269 e. The maximum absolute atomic E-state index is 12.3. The molecule has 0 aliphatic heterocycles. The molecule has 0 radical (unpaired) electrons. The van der Waals surface area contributed by atoms with E-state index in [-0.39, 0.29) is 11.6 Å². The predicted molar refractivity (Wildman–Crippen MR) is 98.4 cm³/mol. The summed E-state index contributed by atoms with van der Waals surface area (Å²) in [6.45, 7) is 1.74. The molecule has 0 bridgehead atoms. The Labute approximate surface area is 153 Å². The number of carbonyl (C=O) groups is 1. The Morgan fingerprint density at radius 3 is 2.54 bits per heavy atom. The molecule has 9 heteroatoms. The van der Waals surface area contributed by atoms with Crippen LogP contribution in [0.3, 0.4) is 0 Å². The van der Waals surface area contributed by atoms with Crippen LogP contribution in [0.2, 0.25) is 0 Å². The van der Waals surface area contributed by atoms with E-state index in [0.29, 0.717) is 10.8 Å². The lowest BCUT2D eigenvalue weighted by Gasteiger charge is -2.10. The van der Waals surface area contributed by atoms with Crippen molar-refractivity contribution in [2.75, 3.05) is 5.32 Å². The topological polar surface area (TPSA) is 103 Å². The van der Waals surface area contributed by atoms with Crippen LogP contribution < -0.4 is 5.32 Å². The van der Waals surface area contributed by atoms with Gasteiger partial charge in [0.05, 0.1) is 15.9 Å². The summed E-state index contributed by atoms with van der Waals surface area (Å²) in [5.41, 5.74) is 1.35. The maximum atomic E-state index is 12.3.